The van der Waals surface area contributed by atoms with Gasteiger partial charge in [-0.15, -0.1) is 0 Å². The Morgan fingerprint density at radius 3 is 2.82 bits per heavy atom. The minimum atomic E-state index is 0.566. The van der Waals surface area contributed by atoms with E-state index in [9.17, 15) is 0 Å². The second-order valence-corrected chi connectivity index (χ2v) is 4.92. The number of aromatic nitrogens is 2. The molecule has 0 spiro atoms. The third kappa shape index (κ3) is 3.19. The topological polar surface area (TPSA) is 49.8 Å². The molecule has 1 heterocycles. The lowest BCUT2D eigenvalue weighted by Crippen LogP contribution is -2.00. The van der Waals surface area contributed by atoms with Crippen LogP contribution in [0.15, 0.2) is 30.5 Å². The Hall–Kier alpha value is -1.08. The van der Waals surface area contributed by atoms with Gasteiger partial charge in [0.1, 0.15) is 5.82 Å². The Kier molecular flexibility index (Phi) is 4.01. The van der Waals surface area contributed by atoms with Gasteiger partial charge in [-0.25, -0.2) is 4.98 Å². The largest absolute Gasteiger partial charge is 0.357 e. The van der Waals surface area contributed by atoms with E-state index in [1.54, 1.807) is 19.3 Å². The van der Waals surface area contributed by atoms with Gasteiger partial charge in [-0.2, -0.15) is 4.98 Å². The minimum absolute atomic E-state index is 0.566. The van der Waals surface area contributed by atoms with E-state index in [-0.39, 0.29) is 0 Å². The van der Waals surface area contributed by atoms with Crippen molar-refractivity contribution in [1.29, 1.82) is 0 Å². The lowest BCUT2D eigenvalue weighted by atomic mass is 10.3. The zero-order valence-corrected chi connectivity index (χ0v) is 12.0. The summed E-state index contributed by atoms with van der Waals surface area (Å²) < 4.78 is 1.09. The summed E-state index contributed by atoms with van der Waals surface area (Å²) in [6.07, 6.45) is 1.68. The van der Waals surface area contributed by atoms with Gasteiger partial charge in [0.05, 0.1) is 10.7 Å². The molecule has 2 rings (SSSR count). The normalized spacial score (nSPS) is 10.1. The van der Waals surface area contributed by atoms with E-state index in [4.69, 9.17) is 11.6 Å². The van der Waals surface area contributed by atoms with Crippen molar-refractivity contribution < 1.29 is 0 Å². The van der Waals surface area contributed by atoms with Crippen LogP contribution >= 0.6 is 34.2 Å². The first-order chi connectivity index (χ1) is 8.19. The monoisotopic (exact) mass is 360 g/mol. The second-order valence-electron chi connectivity index (χ2n) is 3.26. The van der Waals surface area contributed by atoms with Gasteiger partial charge in [0, 0.05) is 16.8 Å². The highest BCUT2D eigenvalue weighted by atomic mass is 127. The van der Waals surface area contributed by atoms with Crippen molar-refractivity contribution in [3.63, 3.8) is 0 Å². The van der Waals surface area contributed by atoms with Gasteiger partial charge < -0.3 is 10.6 Å². The summed E-state index contributed by atoms with van der Waals surface area (Å²) in [7, 11) is 1.77. The molecule has 2 N–H and O–H groups in total. The zero-order chi connectivity index (χ0) is 12.3. The molecule has 0 amide bonds. The number of halogens is 2. The quantitative estimate of drug-likeness (QED) is 0.822. The number of nitrogens with zero attached hydrogens (tertiary/aromatic N) is 2. The van der Waals surface area contributed by atoms with Crippen LogP contribution in [0.4, 0.5) is 17.5 Å². The summed E-state index contributed by atoms with van der Waals surface area (Å²) in [4.78, 5) is 8.30. The molecular weight excluding hydrogens is 351 g/mol. The van der Waals surface area contributed by atoms with Gasteiger partial charge in [0.25, 0.3) is 0 Å². The van der Waals surface area contributed by atoms with Crippen molar-refractivity contribution >= 4 is 51.6 Å². The van der Waals surface area contributed by atoms with E-state index >= 15 is 0 Å². The molecule has 88 valence electrons. The zero-order valence-electron chi connectivity index (χ0n) is 9.04. The van der Waals surface area contributed by atoms with E-state index in [1.807, 2.05) is 18.2 Å². The predicted octanol–water partition coefficient (Wildman–Crippen LogP) is 3.52. The third-order valence-corrected chi connectivity index (χ3v) is 3.06. The Morgan fingerprint density at radius 1 is 1.29 bits per heavy atom. The number of rotatable bonds is 3. The van der Waals surface area contributed by atoms with Gasteiger partial charge in [-0.1, -0.05) is 11.6 Å². The molecule has 0 fully saturated rings. The van der Waals surface area contributed by atoms with Crippen molar-refractivity contribution in [3.8, 4) is 0 Å². The highest BCUT2D eigenvalue weighted by molar-refractivity contribution is 14.1. The third-order valence-electron chi connectivity index (χ3n) is 2.07. The van der Waals surface area contributed by atoms with Crippen molar-refractivity contribution in [2.24, 2.45) is 0 Å². The molecule has 0 aliphatic heterocycles. The van der Waals surface area contributed by atoms with Crippen LogP contribution < -0.4 is 10.6 Å². The molecule has 1 aromatic carbocycles. The lowest BCUT2D eigenvalue weighted by Gasteiger charge is -2.08. The summed E-state index contributed by atoms with van der Waals surface area (Å²) in [5.41, 5.74) is 0.827. The molecule has 0 radical (unpaired) electrons. The maximum atomic E-state index is 6.13. The molecule has 4 nitrogen and oxygen atoms in total. The van der Waals surface area contributed by atoms with Crippen LogP contribution in [-0.4, -0.2) is 17.0 Å². The van der Waals surface area contributed by atoms with Crippen LogP contribution in [0.1, 0.15) is 0 Å². The molecule has 6 heteroatoms. The van der Waals surface area contributed by atoms with Crippen molar-refractivity contribution in [2.75, 3.05) is 17.7 Å². The maximum absolute atomic E-state index is 6.13. The van der Waals surface area contributed by atoms with E-state index in [1.165, 1.54) is 0 Å². The van der Waals surface area contributed by atoms with Gasteiger partial charge in [-0.3, -0.25) is 0 Å². The van der Waals surface area contributed by atoms with E-state index in [0.717, 1.165) is 9.26 Å². The number of nitrogens with one attached hydrogen (secondary N) is 2. The molecule has 0 unspecified atom stereocenters. The fraction of sp³-hybridized carbons (Fsp3) is 0.0909. The van der Waals surface area contributed by atoms with Crippen LogP contribution in [0.3, 0.4) is 0 Å². The summed E-state index contributed by atoms with van der Waals surface area (Å²) >= 11 is 8.34. The smallest absolute Gasteiger partial charge is 0.224 e. The Labute approximate surface area is 118 Å². The maximum Gasteiger partial charge on any atom is 0.224 e. The second kappa shape index (κ2) is 5.50. The van der Waals surface area contributed by atoms with Crippen LogP contribution in [0.25, 0.3) is 0 Å². The first-order valence-electron chi connectivity index (χ1n) is 4.92. The average Bonchev–Trinajstić information content (AvgIpc) is 2.33. The lowest BCUT2D eigenvalue weighted by molar-refractivity contribution is 1.15. The van der Waals surface area contributed by atoms with Crippen molar-refractivity contribution in [3.05, 3.63) is 39.1 Å². The van der Waals surface area contributed by atoms with Gasteiger partial charge in [-0.05, 0) is 46.9 Å². The molecule has 0 aliphatic carbocycles. The first kappa shape index (κ1) is 12.4. The predicted molar refractivity (Wildman–Crippen MR) is 79.0 cm³/mol. The van der Waals surface area contributed by atoms with Crippen LogP contribution in [0.2, 0.25) is 5.02 Å². The number of hydrogen-bond acceptors (Lipinski definition) is 4. The highest BCUT2D eigenvalue weighted by Gasteiger charge is 2.03. The van der Waals surface area contributed by atoms with Gasteiger partial charge >= 0.3 is 0 Å². The Morgan fingerprint density at radius 2 is 2.12 bits per heavy atom. The fourth-order valence-electron chi connectivity index (χ4n) is 1.28. The minimum Gasteiger partial charge on any atom is -0.357 e. The fourth-order valence-corrected chi connectivity index (χ4v) is 2.18. The molecule has 0 bridgehead atoms. The molecule has 1 aromatic heterocycles. The number of benzene rings is 1. The molecule has 17 heavy (non-hydrogen) atoms. The molecule has 2 aromatic rings. The van der Waals surface area contributed by atoms with Crippen molar-refractivity contribution in [2.45, 2.75) is 0 Å². The molecule has 0 saturated heterocycles. The number of hydrogen-bond donors (Lipinski definition) is 2. The average molecular weight is 361 g/mol. The molecule has 0 saturated carbocycles. The number of anilines is 3. The molecule has 0 aliphatic rings. The summed E-state index contributed by atoms with van der Waals surface area (Å²) in [6, 6.07) is 7.58. The summed E-state index contributed by atoms with van der Waals surface area (Å²) in [6.45, 7) is 0. The SMILES string of the molecule is CNc1nccc(Nc2ccc(I)cc2Cl)n1. The highest BCUT2D eigenvalue weighted by Crippen LogP contribution is 2.26. The van der Waals surface area contributed by atoms with E-state index < -0.39 is 0 Å². The Bertz CT molecular complexity index is 533. The molecule has 0 atom stereocenters. The summed E-state index contributed by atoms with van der Waals surface area (Å²) in [5, 5.41) is 6.70. The van der Waals surface area contributed by atoms with E-state index in [2.05, 4.69) is 43.2 Å². The van der Waals surface area contributed by atoms with E-state index in [0.29, 0.717) is 16.8 Å². The standard InChI is InChI=1S/C11H10ClIN4/c1-14-11-15-5-4-10(17-11)16-9-3-2-7(13)6-8(9)12/h2-6H,1H3,(H2,14,15,16,17). The Balaban J connectivity index is 2.25. The first-order valence-corrected chi connectivity index (χ1v) is 6.37. The van der Waals surface area contributed by atoms with Gasteiger partial charge in [0.2, 0.25) is 5.95 Å². The molecular formula is C11H10ClIN4. The van der Waals surface area contributed by atoms with Crippen LogP contribution in [0.5, 0.6) is 0 Å². The van der Waals surface area contributed by atoms with Gasteiger partial charge in [0.15, 0.2) is 0 Å². The van der Waals surface area contributed by atoms with Crippen LogP contribution in [0, 0.1) is 3.57 Å². The summed E-state index contributed by atoms with van der Waals surface area (Å²) in [5.74, 6) is 1.27. The van der Waals surface area contributed by atoms with Crippen molar-refractivity contribution in [1.82, 2.24) is 9.97 Å². The van der Waals surface area contributed by atoms with Crippen LogP contribution in [-0.2, 0) is 0 Å².